The molecular formula is C16H26F2N4O. The zero-order chi connectivity index (χ0) is 16.7. The van der Waals surface area contributed by atoms with Crippen LogP contribution >= 0.6 is 0 Å². The third kappa shape index (κ3) is 5.89. The Hall–Kier alpha value is -1.50. The molecule has 0 radical (unpaired) electrons. The number of carbonyl (C=O) groups excluding carboxylic acids is 1. The molecule has 0 atom stereocenters. The van der Waals surface area contributed by atoms with Crippen molar-refractivity contribution in [2.75, 3.05) is 13.6 Å². The average Bonchev–Trinajstić information content (AvgIpc) is 2.89. The van der Waals surface area contributed by atoms with Crippen molar-refractivity contribution >= 4 is 5.91 Å². The number of likely N-dealkylation sites (N-methyl/N-ethyl adjacent to an activating group) is 1. The average molecular weight is 328 g/mol. The van der Waals surface area contributed by atoms with Crippen LogP contribution in [0.3, 0.4) is 0 Å². The summed E-state index contributed by atoms with van der Waals surface area (Å²) in [5.74, 6) is 0.217. The normalized spacial score (nSPS) is 17.3. The number of carbonyl (C=O) groups is 1. The second-order valence-electron chi connectivity index (χ2n) is 6.31. The van der Waals surface area contributed by atoms with Crippen molar-refractivity contribution < 1.29 is 13.6 Å². The van der Waals surface area contributed by atoms with Gasteiger partial charge in [0.1, 0.15) is 5.82 Å². The lowest BCUT2D eigenvalue weighted by atomic mass is 9.97. The monoisotopic (exact) mass is 328 g/mol. The highest BCUT2D eigenvalue weighted by Gasteiger charge is 2.17. The molecule has 0 aliphatic heterocycles. The van der Waals surface area contributed by atoms with Crippen LogP contribution in [0.5, 0.6) is 0 Å². The minimum atomic E-state index is -2.61. The first kappa shape index (κ1) is 17.8. The highest BCUT2D eigenvalue weighted by atomic mass is 19.3. The van der Waals surface area contributed by atoms with Crippen LogP contribution in [0.2, 0.25) is 0 Å². The van der Waals surface area contributed by atoms with E-state index in [-0.39, 0.29) is 30.9 Å². The summed E-state index contributed by atoms with van der Waals surface area (Å²) in [6, 6.07) is 0.249. The summed E-state index contributed by atoms with van der Waals surface area (Å²) in [5.41, 5.74) is 0. The summed E-state index contributed by atoms with van der Waals surface area (Å²) < 4.78 is 26.4. The molecule has 1 amide bonds. The fraction of sp³-hybridized carbons (Fsp3) is 0.750. The highest BCUT2D eigenvalue weighted by molar-refractivity contribution is 5.78. The van der Waals surface area contributed by atoms with Crippen molar-refractivity contribution in [3.63, 3.8) is 0 Å². The van der Waals surface area contributed by atoms with Crippen molar-refractivity contribution in [1.82, 2.24) is 19.8 Å². The van der Waals surface area contributed by atoms with E-state index in [9.17, 15) is 13.6 Å². The molecule has 1 saturated carbocycles. The van der Waals surface area contributed by atoms with Gasteiger partial charge in [-0.3, -0.25) is 14.3 Å². The van der Waals surface area contributed by atoms with Gasteiger partial charge in [-0.15, -0.1) is 0 Å². The molecule has 1 heterocycles. The topological polar surface area (TPSA) is 50.2 Å². The van der Waals surface area contributed by atoms with E-state index in [0.29, 0.717) is 0 Å². The van der Waals surface area contributed by atoms with Gasteiger partial charge in [0.2, 0.25) is 5.91 Å². The van der Waals surface area contributed by atoms with E-state index in [1.807, 2.05) is 0 Å². The number of halogens is 2. The van der Waals surface area contributed by atoms with E-state index in [1.165, 1.54) is 31.7 Å². The summed E-state index contributed by atoms with van der Waals surface area (Å²) in [4.78, 5) is 17.8. The Morgan fingerprint density at radius 1 is 1.35 bits per heavy atom. The van der Waals surface area contributed by atoms with Crippen molar-refractivity contribution in [2.24, 2.45) is 0 Å². The van der Waals surface area contributed by atoms with Gasteiger partial charge in [-0.2, -0.15) is 8.78 Å². The minimum Gasteiger partial charge on any atom is -0.352 e. The predicted octanol–water partition coefficient (Wildman–Crippen LogP) is 2.94. The van der Waals surface area contributed by atoms with E-state index < -0.39 is 6.55 Å². The molecule has 0 spiro atoms. The van der Waals surface area contributed by atoms with Gasteiger partial charge in [0.25, 0.3) is 0 Å². The van der Waals surface area contributed by atoms with E-state index in [1.54, 1.807) is 11.9 Å². The first-order chi connectivity index (χ1) is 11.1. The van der Waals surface area contributed by atoms with Crippen molar-refractivity contribution in [1.29, 1.82) is 0 Å². The Balaban J connectivity index is 1.78. The quantitative estimate of drug-likeness (QED) is 0.873. The zero-order valence-corrected chi connectivity index (χ0v) is 13.7. The predicted molar refractivity (Wildman–Crippen MR) is 84.1 cm³/mol. The SMILES string of the molecule is CN(CC(=O)NC1CCCCCCC1)Cc1nccn1C(F)F. The Morgan fingerprint density at radius 3 is 2.65 bits per heavy atom. The maximum Gasteiger partial charge on any atom is 0.319 e. The van der Waals surface area contributed by atoms with Gasteiger partial charge < -0.3 is 5.32 Å². The first-order valence-corrected chi connectivity index (χ1v) is 8.34. The smallest absolute Gasteiger partial charge is 0.319 e. The molecule has 1 aromatic heterocycles. The number of aromatic nitrogens is 2. The lowest BCUT2D eigenvalue weighted by Crippen LogP contribution is -2.41. The van der Waals surface area contributed by atoms with E-state index >= 15 is 0 Å². The fourth-order valence-corrected chi connectivity index (χ4v) is 3.06. The molecule has 0 bridgehead atoms. The second-order valence-corrected chi connectivity index (χ2v) is 6.31. The number of nitrogens with zero attached hydrogens (tertiary/aromatic N) is 3. The molecule has 130 valence electrons. The number of amides is 1. The Bertz CT molecular complexity index is 484. The van der Waals surface area contributed by atoms with E-state index in [2.05, 4.69) is 10.3 Å². The van der Waals surface area contributed by atoms with Crippen LogP contribution < -0.4 is 5.32 Å². The molecule has 0 unspecified atom stereocenters. The van der Waals surface area contributed by atoms with E-state index in [4.69, 9.17) is 0 Å². The second kappa shape index (κ2) is 8.96. The lowest BCUT2D eigenvalue weighted by Gasteiger charge is -2.23. The molecule has 1 aliphatic rings. The number of hydrogen-bond acceptors (Lipinski definition) is 3. The van der Waals surface area contributed by atoms with E-state index in [0.717, 1.165) is 30.3 Å². The van der Waals surface area contributed by atoms with Crippen LogP contribution in [0.15, 0.2) is 12.4 Å². The van der Waals surface area contributed by atoms with Gasteiger partial charge in [0.15, 0.2) is 0 Å². The van der Waals surface area contributed by atoms with Gasteiger partial charge >= 0.3 is 6.55 Å². The minimum absolute atomic E-state index is 0.0479. The van der Waals surface area contributed by atoms with Crippen LogP contribution in [-0.4, -0.2) is 40.0 Å². The Kier molecular flexibility index (Phi) is 6.95. The summed E-state index contributed by atoms with van der Waals surface area (Å²) >= 11 is 0. The Labute approximate surface area is 136 Å². The van der Waals surface area contributed by atoms with Crippen molar-refractivity contribution in [2.45, 2.75) is 64.1 Å². The molecule has 2 rings (SSSR count). The maximum absolute atomic E-state index is 12.8. The fourth-order valence-electron chi connectivity index (χ4n) is 3.06. The highest BCUT2D eigenvalue weighted by Crippen LogP contribution is 2.17. The molecule has 0 saturated heterocycles. The molecular weight excluding hydrogens is 302 g/mol. The van der Waals surface area contributed by atoms with Gasteiger partial charge in [0.05, 0.1) is 13.1 Å². The maximum atomic E-state index is 12.8. The van der Waals surface area contributed by atoms with Crippen LogP contribution in [0.4, 0.5) is 8.78 Å². The summed E-state index contributed by atoms with van der Waals surface area (Å²) in [7, 11) is 1.74. The molecule has 1 aromatic rings. The number of alkyl halides is 2. The van der Waals surface area contributed by atoms with Crippen molar-refractivity contribution in [3.8, 4) is 0 Å². The van der Waals surface area contributed by atoms with Gasteiger partial charge in [-0.1, -0.05) is 32.1 Å². The van der Waals surface area contributed by atoms with Gasteiger partial charge in [0, 0.05) is 18.4 Å². The molecule has 5 nitrogen and oxygen atoms in total. The van der Waals surface area contributed by atoms with Crippen molar-refractivity contribution in [3.05, 3.63) is 18.2 Å². The van der Waals surface area contributed by atoms with Crippen LogP contribution in [-0.2, 0) is 11.3 Å². The van der Waals surface area contributed by atoms with Gasteiger partial charge in [-0.25, -0.2) is 4.98 Å². The number of rotatable bonds is 6. The molecule has 1 N–H and O–H groups in total. The number of imidazole rings is 1. The molecule has 1 fully saturated rings. The van der Waals surface area contributed by atoms with Crippen LogP contribution in [0.25, 0.3) is 0 Å². The van der Waals surface area contributed by atoms with Gasteiger partial charge in [-0.05, 0) is 19.9 Å². The summed E-state index contributed by atoms with van der Waals surface area (Å²) in [6.45, 7) is -2.20. The Morgan fingerprint density at radius 2 is 2.00 bits per heavy atom. The number of nitrogens with one attached hydrogen (secondary N) is 1. The zero-order valence-electron chi connectivity index (χ0n) is 13.7. The largest absolute Gasteiger partial charge is 0.352 e. The molecule has 23 heavy (non-hydrogen) atoms. The third-order valence-corrected chi connectivity index (χ3v) is 4.25. The lowest BCUT2D eigenvalue weighted by molar-refractivity contribution is -0.122. The molecule has 7 heteroatoms. The summed E-state index contributed by atoms with van der Waals surface area (Å²) in [6.07, 6.45) is 10.8. The molecule has 0 aromatic carbocycles. The van der Waals surface area contributed by atoms with Crippen LogP contribution in [0, 0.1) is 0 Å². The number of hydrogen-bond donors (Lipinski definition) is 1. The third-order valence-electron chi connectivity index (χ3n) is 4.25. The molecule has 1 aliphatic carbocycles. The first-order valence-electron chi connectivity index (χ1n) is 8.34. The summed E-state index contributed by atoms with van der Waals surface area (Å²) in [5, 5.41) is 3.08. The van der Waals surface area contributed by atoms with Crippen LogP contribution in [0.1, 0.15) is 57.3 Å². The standard InChI is InChI=1S/C16H26F2N4O/c1-21(11-14-19-9-10-22(14)16(17)18)12-15(23)20-13-7-5-3-2-4-6-8-13/h9-10,13,16H,2-8,11-12H2,1H3,(H,20,23).